The number of aromatic carboxylic acids is 1. The molecule has 0 aliphatic carbocycles. The fourth-order valence-electron chi connectivity index (χ4n) is 1.69. The summed E-state index contributed by atoms with van der Waals surface area (Å²) in [5.74, 6) is -0.669. The molecule has 0 unspecified atom stereocenters. The van der Waals surface area contributed by atoms with Gasteiger partial charge in [0.15, 0.2) is 0 Å². The van der Waals surface area contributed by atoms with Crippen LogP contribution in [-0.4, -0.2) is 11.1 Å². The minimum absolute atomic E-state index is 0.144. The smallest absolute Gasteiger partial charge is 0.339 e. The molecule has 19 heavy (non-hydrogen) atoms. The monoisotopic (exact) mass is 276 g/mol. The molecule has 0 fully saturated rings. The molecular weight excluding hydrogens is 264 g/mol. The molecule has 1 N–H and O–H groups in total. The first-order valence-corrected chi connectivity index (χ1v) is 6.16. The van der Waals surface area contributed by atoms with Crippen LogP contribution in [0.4, 0.5) is 0 Å². The summed E-state index contributed by atoms with van der Waals surface area (Å²) in [5, 5.41) is 9.67. The highest BCUT2D eigenvalue weighted by atomic mass is 35.5. The van der Waals surface area contributed by atoms with Crippen LogP contribution in [-0.2, 0) is 6.61 Å². The molecule has 0 heterocycles. The first-order valence-electron chi connectivity index (χ1n) is 5.78. The Kier molecular flexibility index (Phi) is 4.07. The van der Waals surface area contributed by atoms with Crippen molar-refractivity contribution in [1.82, 2.24) is 0 Å². The van der Waals surface area contributed by atoms with Gasteiger partial charge in [0, 0.05) is 10.6 Å². The van der Waals surface area contributed by atoms with Gasteiger partial charge in [-0.15, -0.1) is 0 Å². The lowest BCUT2D eigenvalue weighted by Gasteiger charge is -2.10. The third-order valence-electron chi connectivity index (χ3n) is 2.71. The van der Waals surface area contributed by atoms with Crippen LogP contribution in [0.5, 0.6) is 5.75 Å². The van der Waals surface area contributed by atoms with E-state index in [0.717, 1.165) is 11.1 Å². The minimum Gasteiger partial charge on any atom is -0.488 e. The normalized spacial score (nSPS) is 10.2. The van der Waals surface area contributed by atoms with Crippen molar-refractivity contribution in [3.63, 3.8) is 0 Å². The molecule has 3 nitrogen and oxygen atoms in total. The Bertz CT molecular complexity index is 608. The molecule has 98 valence electrons. The molecule has 0 bridgehead atoms. The summed E-state index contributed by atoms with van der Waals surface area (Å²) in [6, 6.07) is 12.2. The summed E-state index contributed by atoms with van der Waals surface area (Å²) in [6.07, 6.45) is 0. The van der Waals surface area contributed by atoms with Gasteiger partial charge in [-0.3, -0.25) is 0 Å². The predicted molar refractivity (Wildman–Crippen MR) is 73.9 cm³/mol. The van der Waals surface area contributed by atoms with E-state index in [1.807, 2.05) is 25.1 Å². The van der Waals surface area contributed by atoms with Crippen LogP contribution in [0, 0.1) is 6.92 Å². The maximum absolute atomic E-state index is 11.0. The molecule has 0 saturated heterocycles. The lowest BCUT2D eigenvalue weighted by Crippen LogP contribution is -2.03. The summed E-state index contributed by atoms with van der Waals surface area (Å²) >= 11 is 6.10. The summed E-state index contributed by atoms with van der Waals surface area (Å²) in [5.41, 5.74) is 2.04. The zero-order valence-corrected chi connectivity index (χ0v) is 11.1. The van der Waals surface area contributed by atoms with Gasteiger partial charge in [0.2, 0.25) is 0 Å². The molecular formula is C15H13ClO3. The van der Waals surface area contributed by atoms with Gasteiger partial charge in [-0.05, 0) is 30.7 Å². The van der Waals surface area contributed by atoms with Gasteiger partial charge in [-0.1, -0.05) is 35.9 Å². The fourth-order valence-corrected chi connectivity index (χ4v) is 1.98. The van der Waals surface area contributed by atoms with Gasteiger partial charge in [0.05, 0.1) is 0 Å². The average Bonchev–Trinajstić information content (AvgIpc) is 2.38. The topological polar surface area (TPSA) is 46.5 Å². The molecule has 0 saturated carbocycles. The largest absolute Gasteiger partial charge is 0.488 e. The van der Waals surface area contributed by atoms with Crippen LogP contribution in [0.2, 0.25) is 5.02 Å². The second kappa shape index (κ2) is 5.76. The van der Waals surface area contributed by atoms with Crippen molar-refractivity contribution in [2.75, 3.05) is 0 Å². The predicted octanol–water partition coefficient (Wildman–Crippen LogP) is 3.93. The molecule has 4 heteroatoms. The Morgan fingerprint density at radius 3 is 2.68 bits per heavy atom. The number of carboxylic acids is 1. The third-order valence-corrected chi connectivity index (χ3v) is 3.06. The molecule has 0 aliphatic rings. The number of aryl methyl sites for hydroxylation is 1. The van der Waals surface area contributed by atoms with Crippen molar-refractivity contribution in [1.29, 1.82) is 0 Å². The van der Waals surface area contributed by atoms with E-state index in [0.29, 0.717) is 10.8 Å². The lowest BCUT2D eigenvalue weighted by atomic mass is 10.1. The quantitative estimate of drug-likeness (QED) is 0.920. The molecule has 0 radical (unpaired) electrons. The SMILES string of the molecule is Cc1ccc(COc2ccccc2C(=O)O)c(Cl)c1. The van der Waals surface area contributed by atoms with Crippen LogP contribution in [0.3, 0.4) is 0 Å². The number of rotatable bonds is 4. The maximum Gasteiger partial charge on any atom is 0.339 e. The van der Waals surface area contributed by atoms with Crippen LogP contribution in [0.15, 0.2) is 42.5 Å². The van der Waals surface area contributed by atoms with Gasteiger partial charge in [-0.25, -0.2) is 4.79 Å². The van der Waals surface area contributed by atoms with Crippen molar-refractivity contribution in [2.24, 2.45) is 0 Å². The summed E-state index contributed by atoms with van der Waals surface area (Å²) in [7, 11) is 0. The highest BCUT2D eigenvalue weighted by molar-refractivity contribution is 6.31. The van der Waals surface area contributed by atoms with Crippen LogP contribution < -0.4 is 4.74 Å². The minimum atomic E-state index is -1.01. The Hall–Kier alpha value is -2.00. The number of hydrogen-bond acceptors (Lipinski definition) is 2. The molecule has 2 aromatic carbocycles. The maximum atomic E-state index is 11.0. The fraction of sp³-hybridized carbons (Fsp3) is 0.133. The van der Waals surface area contributed by atoms with E-state index in [9.17, 15) is 4.79 Å². The van der Waals surface area contributed by atoms with Gasteiger partial charge >= 0.3 is 5.97 Å². The van der Waals surface area contributed by atoms with Gasteiger partial charge in [0.25, 0.3) is 0 Å². The molecule has 0 amide bonds. The number of ether oxygens (including phenoxy) is 1. The zero-order valence-electron chi connectivity index (χ0n) is 10.4. The average molecular weight is 277 g/mol. The van der Waals surface area contributed by atoms with Crippen molar-refractivity contribution in [2.45, 2.75) is 13.5 Å². The highest BCUT2D eigenvalue weighted by Crippen LogP contribution is 2.22. The van der Waals surface area contributed by atoms with Crippen molar-refractivity contribution < 1.29 is 14.6 Å². The van der Waals surface area contributed by atoms with Crippen LogP contribution in [0.1, 0.15) is 21.5 Å². The number of para-hydroxylation sites is 1. The number of benzene rings is 2. The Morgan fingerprint density at radius 1 is 1.26 bits per heavy atom. The number of carbonyl (C=O) groups is 1. The van der Waals surface area contributed by atoms with E-state index in [-0.39, 0.29) is 12.2 Å². The third kappa shape index (κ3) is 3.26. The van der Waals surface area contributed by atoms with E-state index in [2.05, 4.69) is 0 Å². The van der Waals surface area contributed by atoms with E-state index in [4.69, 9.17) is 21.4 Å². The van der Waals surface area contributed by atoms with Crippen molar-refractivity contribution in [3.05, 3.63) is 64.2 Å². The summed E-state index contributed by atoms with van der Waals surface area (Å²) < 4.78 is 5.54. The molecule has 0 spiro atoms. The summed E-state index contributed by atoms with van der Waals surface area (Å²) in [4.78, 5) is 11.0. The number of halogens is 1. The van der Waals surface area contributed by atoms with Crippen LogP contribution in [0.25, 0.3) is 0 Å². The van der Waals surface area contributed by atoms with E-state index < -0.39 is 5.97 Å². The highest BCUT2D eigenvalue weighted by Gasteiger charge is 2.10. The van der Waals surface area contributed by atoms with Gasteiger partial charge in [-0.2, -0.15) is 0 Å². The molecule has 2 aromatic rings. The molecule has 0 atom stereocenters. The Morgan fingerprint density at radius 2 is 2.00 bits per heavy atom. The molecule has 0 aromatic heterocycles. The number of hydrogen-bond donors (Lipinski definition) is 1. The van der Waals surface area contributed by atoms with E-state index in [1.54, 1.807) is 18.2 Å². The first kappa shape index (κ1) is 13.4. The standard InChI is InChI=1S/C15H13ClO3/c1-10-6-7-11(13(16)8-10)9-19-14-5-3-2-4-12(14)15(17)18/h2-8H,9H2,1H3,(H,17,18). The Labute approximate surface area is 116 Å². The second-order valence-electron chi connectivity index (χ2n) is 4.18. The van der Waals surface area contributed by atoms with E-state index >= 15 is 0 Å². The van der Waals surface area contributed by atoms with Crippen molar-refractivity contribution in [3.8, 4) is 5.75 Å². The van der Waals surface area contributed by atoms with Crippen molar-refractivity contribution >= 4 is 17.6 Å². The number of carboxylic acid groups (broad SMARTS) is 1. The van der Waals surface area contributed by atoms with E-state index in [1.165, 1.54) is 6.07 Å². The lowest BCUT2D eigenvalue weighted by molar-refractivity contribution is 0.0692. The Balaban J connectivity index is 2.17. The van der Waals surface area contributed by atoms with Gasteiger partial charge < -0.3 is 9.84 Å². The first-order chi connectivity index (χ1) is 9.08. The summed E-state index contributed by atoms with van der Waals surface area (Å²) in [6.45, 7) is 2.19. The second-order valence-corrected chi connectivity index (χ2v) is 4.59. The molecule has 2 rings (SSSR count). The van der Waals surface area contributed by atoms with Gasteiger partial charge in [0.1, 0.15) is 17.9 Å². The van der Waals surface area contributed by atoms with Crippen LogP contribution >= 0.6 is 11.6 Å². The zero-order chi connectivity index (χ0) is 13.8. The molecule has 0 aliphatic heterocycles.